The van der Waals surface area contributed by atoms with Gasteiger partial charge < -0.3 is 22.3 Å². The molecule has 0 spiro atoms. The predicted octanol–water partition coefficient (Wildman–Crippen LogP) is 1.90. The largest absolute Gasteiger partial charge is 0.480 e. The molecule has 0 aromatic heterocycles. The standard InChI is InChI=1S/C7H5BrO.C6H13N.C3H8N2O2/c8-7-3-1-6(5-9)2-4-7;7-6-4-2-1-3-5-6;4-1-2(5)3(6)7/h1-5H;6H,1-5,7H2;2H,1,4-5H2,(H,6,7). The van der Waals surface area contributed by atoms with Gasteiger partial charge in [0.05, 0.1) is 0 Å². The lowest BCUT2D eigenvalue weighted by Crippen LogP contribution is -2.37. The Hall–Kier alpha value is -1.28. The van der Waals surface area contributed by atoms with Gasteiger partial charge >= 0.3 is 5.97 Å². The van der Waals surface area contributed by atoms with Crippen molar-refractivity contribution in [2.75, 3.05) is 6.54 Å². The number of carbonyl (C=O) groups is 2. The van der Waals surface area contributed by atoms with Crippen molar-refractivity contribution in [2.24, 2.45) is 17.2 Å². The summed E-state index contributed by atoms with van der Waals surface area (Å²) >= 11 is 3.26. The van der Waals surface area contributed by atoms with E-state index in [1.54, 1.807) is 12.1 Å². The summed E-state index contributed by atoms with van der Waals surface area (Å²) in [5.41, 5.74) is 16.1. The number of rotatable bonds is 3. The molecule has 130 valence electrons. The lowest BCUT2D eigenvalue weighted by Gasteiger charge is -2.15. The molecule has 1 saturated carbocycles. The molecule has 0 amide bonds. The number of aldehydes is 1. The molecule has 0 heterocycles. The Morgan fingerprint density at radius 3 is 2.04 bits per heavy atom. The molecule has 0 bridgehead atoms. The third-order valence-corrected chi connectivity index (χ3v) is 3.76. The fraction of sp³-hybridized carbons (Fsp3) is 0.500. The van der Waals surface area contributed by atoms with E-state index in [0.717, 1.165) is 10.8 Å². The summed E-state index contributed by atoms with van der Waals surface area (Å²) in [6, 6.07) is 6.83. The number of hydrogen-bond acceptors (Lipinski definition) is 5. The second-order valence-electron chi connectivity index (χ2n) is 5.25. The number of carboxylic acids is 1. The first kappa shape index (κ1) is 21.7. The van der Waals surface area contributed by atoms with Crippen LogP contribution in [-0.4, -0.2) is 36.0 Å². The van der Waals surface area contributed by atoms with E-state index in [1.807, 2.05) is 12.1 Å². The van der Waals surface area contributed by atoms with Crippen molar-refractivity contribution in [2.45, 2.75) is 44.2 Å². The van der Waals surface area contributed by atoms with Crippen LogP contribution in [0.2, 0.25) is 0 Å². The molecule has 0 aliphatic heterocycles. The average Bonchev–Trinajstić information content (AvgIpc) is 2.56. The molecule has 1 aromatic carbocycles. The first-order chi connectivity index (χ1) is 10.9. The molecule has 1 aliphatic carbocycles. The first-order valence-electron chi connectivity index (χ1n) is 7.55. The number of aliphatic carboxylic acids is 1. The fourth-order valence-electron chi connectivity index (χ4n) is 1.78. The van der Waals surface area contributed by atoms with Crippen molar-refractivity contribution < 1.29 is 14.7 Å². The molecule has 1 fully saturated rings. The van der Waals surface area contributed by atoms with Crippen LogP contribution in [0.4, 0.5) is 0 Å². The third-order valence-electron chi connectivity index (χ3n) is 3.23. The zero-order valence-corrected chi connectivity index (χ0v) is 14.7. The van der Waals surface area contributed by atoms with Gasteiger partial charge in [-0.3, -0.25) is 9.59 Å². The Kier molecular flexibility index (Phi) is 12.5. The van der Waals surface area contributed by atoms with Gasteiger partial charge in [0.2, 0.25) is 0 Å². The summed E-state index contributed by atoms with van der Waals surface area (Å²) in [4.78, 5) is 19.8. The fourth-order valence-corrected chi connectivity index (χ4v) is 2.04. The molecule has 1 aliphatic rings. The first-order valence-corrected chi connectivity index (χ1v) is 8.34. The maximum atomic E-state index is 10.1. The monoisotopic (exact) mass is 387 g/mol. The Labute approximate surface area is 145 Å². The molecule has 2 rings (SSSR count). The maximum absolute atomic E-state index is 10.1. The quantitative estimate of drug-likeness (QED) is 0.585. The van der Waals surface area contributed by atoms with E-state index >= 15 is 0 Å². The predicted molar refractivity (Wildman–Crippen MR) is 95.3 cm³/mol. The SMILES string of the molecule is NC1CCCCC1.NCC(N)C(=O)O.O=Cc1ccc(Br)cc1. The van der Waals surface area contributed by atoms with Gasteiger partial charge in [0.1, 0.15) is 12.3 Å². The van der Waals surface area contributed by atoms with Crippen molar-refractivity contribution in [1.82, 2.24) is 0 Å². The summed E-state index contributed by atoms with van der Waals surface area (Å²) in [5, 5.41) is 7.98. The molecule has 1 unspecified atom stereocenters. The Morgan fingerprint density at radius 1 is 1.26 bits per heavy atom. The van der Waals surface area contributed by atoms with Gasteiger partial charge in [0.15, 0.2) is 0 Å². The minimum Gasteiger partial charge on any atom is -0.480 e. The summed E-state index contributed by atoms with van der Waals surface area (Å²) in [5.74, 6) is -1.05. The highest BCUT2D eigenvalue weighted by Crippen LogP contribution is 2.14. The van der Waals surface area contributed by atoms with Gasteiger partial charge in [-0.2, -0.15) is 0 Å². The van der Waals surface area contributed by atoms with Gasteiger partial charge in [-0.05, 0) is 25.0 Å². The molecule has 0 saturated heterocycles. The molecular formula is C16H26BrN3O3. The number of carboxylic acid groups (broad SMARTS) is 1. The number of benzene rings is 1. The van der Waals surface area contributed by atoms with E-state index < -0.39 is 12.0 Å². The Balaban J connectivity index is 0.000000320. The van der Waals surface area contributed by atoms with E-state index in [9.17, 15) is 9.59 Å². The second kappa shape index (κ2) is 13.2. The normalized spacial score (nSPS) is 15.3. The van der Waals surface area contributed by atoms with E-state index in [-0.39, 0.29) is 6.54 Å². The highest BCUT2D eigenvalue weighted by molar-refractivity contribution is 9.10. The second-order valence-corrected chi connectivity index (χ2v) is 6.16. The molecule has 6 nitrogen and oxygen atoms in total. The highest BCUT2D eigenvalue weighted by Gasteiger charge is 2.06. The number of nitrogens with two attached hydrogens (primary N) is 3. The van der Waals surface area contributed by atoms with Crippen LogP contribution in [0.5, 0.6) is 0 Å². The summed E-state index contributed by atoms with van der Waals surface area (Å²) in [6.07, 6.45) is 7.49. The molecule has 1 atom stereocenters. The number of hydrogen-bond donors (Lipinski definition) is 4. The van der Waals surface area contributed by atoms with Crippen molar-refractivity contribution in [3.8, 4) is 0 Å². The van der Waals surface area contributed by atoms with Crippen LogP contribution in [0.15, 0.2) is 28.7 Å². The minimum absolute atomic E-state index is 0.00463. The van der Waals surface area contributed by atoms with Gasteiger partial charge in [-0.15, -0.1) is 0 Å². The van der Waals surface area contributed by atoms with Crippen LogP contribution in [0.1, 0.15) is 42.5 Å². The van der Waals surface area contributed by atoms with Crippen molar-refractivity contribution in [3.05, 3.63) is 34.3 Å². The topological polar surface area (TPSA) is 132 Å². The van der Waals surface area contributed by atoms with Crippen LogP contribution in [-0.2, 0) is 4.79 Å². The summed E-state index contributed by atoms with van der Waals surface area (Å²) in [6.45, 7) is -0.00463. The van der Waals surface area contributed by atoms with Gasteiger partial charge in [-0.1, -0.05) is 47.3 Å². The van der Waals surface area contributed by atoms with Gasteiger partial charge in [0, 0.05) is 22.6 Å². The number of carbonyl (C=O) groups excluding carboxylic acids is 1. The van der Waals surface area contributed by atoms with Crippen LogP contribution >= 0.6 is 15.9 Å². The van der Waals surface area contributed by atoms with Crippen LogP contribution < -0.4 is 17.2 Å². The van der Waals surface area contributed by atoms with Crippen LogP contribution in [0.3, 0.4) is 0 Å². The molecule has 7 N–H and O–H groups in total. The molecule has 1 aromatic rings. The Morgan fingerprint density at radius 2 is 1.78 bits per heavy atom. The number of halogens is 1. The average molecular weight is 388 g/mol. The Bertz CT molecular complexity index is 448. The zero-order chi connectivity index (χ0) is 17.7. The van der Waals surface area contributed by atoms with Gasteiger partial charge in [0.25, 0.3) is 0 Å². The van der Waals surface area contributed by atoms with Crippen molar-refractivity contribution in [3.63, 3.8) is 0 Å². The maximum Gasteiger partial charge on any atom is 0.321 e. The van der Waals surface area contributed by atoms with E-state index in [4.69, 9.17) is 22.3 Å². The van der Waals surface area contributed by atoms with Gasteiger partial charge in [-0.25, -0.2) is 0 Å². The summed E-state index contributed by atoms with van der Waals surface area (Å²) < 4.78 is 0.994. The van der Waals surface area contributed by atoms with Crippen molar-refractivity contribution in [1.29, 1.82) is 0 Å². The smallest absolute Gasteiger partial charge is 0.321 e. The van der Waals surface area contributed by atoms with E-state index in [1.165, 1.54) is 32.1 Å². The lowest BCUT2D eigenvalue weighted by atomic mass is 9.97. The van der Waals surface area contributed by atoms with Crippen molar-refractivity contribution >= 4 is 28.2 Å². The third kappa shape index (κ3) is 11.9. The minimum atomic E-state index is -1.05. The summed E-state index contributed by atoms with van der Waals surface area (Å²) in [7, 11) is 0. The lowest BCUT2D eigenvalue weighted by molar-refractivity contribution is -0.138. The molecule has 7 heteroatoms. The molecule has 23 heavy (non-hydrogen) atoms. The van der Waals surface area contributed by atoms with E-state index in [2.05, 4.69) is 15.9 Å². The molecular weight excluding hydrogens is 362 g/mol. The zero-order valence-electron chi connectivity index (χ0n) is 13.2. The molecule has 0 radical (unpaired) electrons. The highest BCUT2D eigenvalue weighted by atomic mass is 79.9. The van der Waals surface area contributed by atoms with E-state index in [0.29, 0.717) is 11.6 Å². The van der Waals surface area contributed by atoms with Crippen LogP contribution in [0.25, 0.3) is 0 Å². The van der Waals surface area contributed by atoms with Crippen LogP contribution in [0, 0.1) is 0 Å².